The number of ether oxygens (including phenoxy) is 2. The van der Waals surface area contributed by atoms with Crippen molar-refractivity contribution in [2.75, 3.05) is 40.5 Å². The number of nitrogens with zero attached hydrogens (tertiary/aromatic N) is 1. The van der Waals surface area contributed by atoms with E-state index in [1.807, 2.05) is 6.92 Å². The van der Waals surface area contributed by atoms with Gasteiger partial charge in [0, 0.05) is 40.3 Å². The summed E-state index contributed by atoms with van der Waals surface area (Å²) < 4.78 is 9.88. The summed E-state index contributed by atoms with van der Waals surface area (Å²) in [6.45, 7) is 4.81. The molecular weight excluding hydrogens is 270 g/mol. The molecule has 0 saturated carbocycles. The fourth-order valence-corrected chi connectivity index (χ4v) is 1.83. The molecule has 6 nitrogen and oxygen atoms in total. The van der Waals surface area contributed by atoms with Gasteiger partial charge in [0.05, 0.1) is 6.61 Å². The summed E-state index contributed by atoms with van der Waals surface area (Å²) in [6, 6.07) is 0. The molecule has 0 spiro atoms. The first-order valence-corrected chi connectivity index (χ1v) is 7.83. The molecule has 0 fully saturated rings. The molecule has 0 aromatic heterocycles. The molecule has 0 heterocycles. The van der Waals surface area contributed by atoms with Gasteiger partial charge < -0.3 is 20.1 Å². The molecular formula is C15H31N3O3. The lowest BCUT2D eigenvalue weighted by Gasteiger charge is -2.11. The summed E-state index contributed by atoms with van der Waals surface area (Å²) >= 11 is 0. The fraction of sp³-hybridized carbons (Fsp3) is 0.867. The van der Waals surface area contributed by atoms with Gasteiger partial charge in [-0.25, -0.2) is 0 Å². The van der Waals surface area contributed by atoms with Gasteiger partial charge in [-0.3, -0.25) is 9.79 Å². The maximum absolute atomic E-state index is 11.1. The van der Waals surface area contributed by atoms with Gasteiger partial charge in [0.25, 0.3) is 0 Å². The van der Waals surface area contributed by atoms with E-state index < -0.39 is 0 Å². The largest absolute Gasteiger partial charge is 0.466 e. The van der Waals surface area contributed by atoms with Gasteiger partial charge >= 0.3 is 5.97 Å². The third-order valence-electron chi connectivity index (χ3n) is 2.95. The molecule has 0 amide bonds. The molecule has 0 unspecified atom stereocenters. The monoisotopic (exact) mass is 301 g/mol. The van der Waals surface area contributed by atoms with Crippen molar-refractivity contribution in [3.05, 3.63) is 0 Å². The van der Waals surface area contributed by atoms with Crippen LogP contribution in [-0.4, -0.2) is 52.4 Å². The first kappa shape index (κ1) is 19.7. The quantitative estimate of drug-likeness (QED) is 0.248. The average molecular weight is 301 g/mol. The summed E-state index contributed by atoms with van der Waals surface area (Å²) in [5, 5.41) is 6.51. The van der Waals surface area contributed by atoms with Crippen molar-refractivity contribution in [3.8, 4) is 0 Å². The third kappa shape index (κ3) is 13.4. The molecule has 0 aliphatic heterocycles. The van der Waals surface area contributed by atoms with Crippen molar-refractivity contribution in [1.82, 2.24) is 10.6 Å². The molecule has 0 aromatic rings. The van der Waals surface area contributed by atoms with Gasteiger partial charge in [-0.2, -0.15) is 0 Å². The zero-order valence-electron chi connectivity index (χ0n) is 13.7. The number of nitrogens with one attached hydrogen (secondary N) is 2. The first-order valence-electron chi connectivity index (χ1n) is 7.83. The minimum Gasteiger partial charge on any atom is -0.466 e. The van der Waals surface area contributed by atoms with E-state index in [9.17, 15) is 4.79 Å². The lowest BCUT2D eigenvalue weighted by molar-refractivity contribution is -0.143. The number of hydrogen-bond acceptors (Lipinski definition) is 4. The highest BCUT2D eigenvalue weighted by molar-refractivity contribution is 5.79. The molecule has 0 aliphatic rings. The molecule has 0 bridgehead atoms. The molecule has 21 heavy (non-hydrogen) atoms. The summed E-state index contributed by atoms with van der Waals surface area (Å²) in [4.78, 5) is 15.3. The Hall–Kier alpha value is -1.30. The maximum atomic E-state index is 11.1. The summed E-state index contributed by atoms with van der Waals surface area (Å²) in [6.07, 6.45) is 5.63. The highest BCUT2D eigenvalue weighted by Gasteiger charge is 2.01. The summed E-state index contributed by atoms with van der Waals surface area (Å²) in [5.74, 6) is 0.744. The molecule has 6 heteroatoms. The lowest BCUT2D eigenvalue weighted by atomic mass is 10.1. The van der Waals surface area contributed by atoms with Crippen LogP contribution in [-0.2, 0) is 14.3 Å². The topological polar surface area (TPSA) is 72.0 Å². The van der Waals surface area contributed by atoms with Crippen molar-refractivity contribution in [1.29, 1.82) is 0 Å². The Morgan fingerprint density at radius 1 is 1.05 bits per heavy atom. The van der Waals surface area contributed by atoms with Crippen molar-refractivity contribution in [2.45, 2.75) is 45.4 Å². The van der Waals surface area contributed by atoms with E-state index in [0.29, 0.717) is 13.0 Å². The van der Waals surface area contributed by atoms with Gasteiger partial charge in [-0.05, 0) is 26.2 Å². The highest BCUT2D eigenvalue weighted by atomic mass is 16.5. The number of carbonyl (C=O) groups is 1. The van der Waals surface area contributed by atoms with Gasteiger partial charge in [-0.1, -0.05) is 12.8 Å². The Kier molecular flexibility index (Phi) is 14.2. The Labute approximate surface area is 128 Å². The van der Waals surface area contributed by atoms with Gasteiger partial charge in [0.2, 0.25) is 0 Å². The second-order valence-electron chi connectivity index (χ2n) is 4.74. The van der Waals surface area contributed by atoms with Crippen molar-refractivity contribution >= 4 is 11.9 Å². The lowest BCUT2D eigenvalue weighted by Crippen LogP contribution is -2.38. The number of hydrogen-bond donors (Lipinski definition) is 2. The van der Waals surface area contributed by atoms with Crippen LogP contribution in [0.2, 0.25) is 0 Å². The Morgan fingerprint density at radius 2 is 1.71 bits per heavy atom. The third-order valence-corrected chi connectivity index (χ3v) is 2.95. The smallest absolute Gasteiger partial charge is 0.305 e. The number of guanidine groups is 1. The van der Waals surface area contributed by atoms with Gasteiger partial charge in [0.15, 0.2) is 5.96 Å². The van der Waals surface area contributed by atoms with Crippen molar-refractivity contribution in [2.24, 2.45) is 4.99 Å². The minimum atomic E-state index is -0.0868. The van der Waals surface area contributed by atoms with Gasteiger partial charge in [-0.15, -0.1) is 0 Å². The zero-order valence-corrected chi connectivity index (χ0v) is 13.7. The van der Waals surface area contributed by atoms with E-state index >= 15 is 0 Å². The van der Waals surface area contributed by atoms with Crippen molar-refractivity contribution in [3.63, 3.8) is 0 Å². The molecule has 0 saturated heterocycles. The number of esters is 1. The van der Waals surface area contributed by atoms with Crippen molar-refractivity contribution < 1.29 is 14.3 Å². The van der Waals surface area contributed by atoms with E-state index in [2.05, 4.69) is 15.6 Å². The Balaban J connectivity index is 3.41. The second-order valence-corrected chi connectivity index (χ2v) is 4.74. The molecule has 124 valence electrons. The summed E-state index contributed by atoms with van der Waals surface area (Å²) in [5.41, 5.74) is 0. The molecule has 0 atom stereocenters. The molecule has 2 N–H and O–H groups in total. The fourth-order valence-electron chi connectivity index (χ4n) is 1.83. The van der Waals surface area contributed by atoms with E-state index in [-0.39, 0.29) is 5.97 Å². The zero-order chi connectivity index (χ0) is 15.8. The van der Waals surface area contributed by atoms with E-state index in [0.717, 1.165) is 57.8 Å². The average Bonchev–Trinajstić information content (AvgIpc) is 2.48. The molecule has 0 rings (SSSR count). The Morgan fingerprint density at radius 3 is 2.33 bits per heavy atom. The van der Waals surface area contributed by atoms with Crippen LogP contribution in [0.15, 0.2) is 4.99 Å². The Bertz CT molecular complexity index is 283. The van der Waals surface area contributed by atoms with E-state index in [4.69, 9.17) is 9.47 Å². The predicted molar refractivity (Wildman–Crippen MR) is 85.6 cm³/mol. The van der Waals surface area contributed by atoms with Crippen LogP contribution in [0, 0.1) is 0 Å². The van der Waals surface area contributed by atoms with Gasteiger partial charge in [0.1, 0.15) is 0 Å². The van der Waals surface area contributed by atoms with Crippen LogP contribution in [0.4, 0.5) is 0 Å². The van der Waals surface area contributed by atoms with Crippen LogP contribution in [0.25, 0.3) is 0 Å². The van der Waals surface area contributed by atoms with E-state index in [1.165, 1.54) is 0 Å². The predicted octanol–water partition coefficient (Wildman–Crippen LogP) is 1.70. The molecule has 0 aromatic carbocycles. The SMILES string of the molecule is CCOC(=O)CCCCCCNC(=NC)NCCCOC. The highest BCUT2D eigenvalue weighted by Crippen LogP contribution is 2.03. The minimum absolute atomic E-state index is 0.0868. The van der Waals surface area contributed by atoms with Crippen LogP contribution in [0.1, 0.15) is 45.4 Å². The van der Waals surface area contributed by atoms with Crippen LogP contribution in [0.5, 0.6) is 0 Å². The first-order chi connectivity index (χ1) is 10.2. The number of methoxy groups -OCH3 is 1. The maximum Gasteiger partial charge on any atom is 0.305 e. The number of unbranched alkanes of at least 4 members (excludes halogenated alkanes) is 3. The standard InChI is InChI=1S/C15H31N3O3/c1-4-21-14(19)10-7-5-6-8-11-17-15(16-2)18-12-9-13-20-3/h4-13H2,1-3H3,(H2,16,17,18). The number of carbonyl (C=O) groups excluding carboxylic acids is 1. The second kappa shape index (κ2) is 15.1. The molecule has 0 aliphatic carbocycles. The molecule has 0 radical (unpaired) electrons. The van der Waals surface area contributed by atoms with Crippen LogP contribution >= 0.6 is 0 Å². The van der Waals surface area contributed by atoms with E-state index in [1.54, 1.807) is 14.2 Å². The van der Waals surface area contributed by atoms with Crippen LogP contribution in [0.3, 0.4) is 0 Å². The summed E-state index contributed by atoms with van der Waals surface area (Å²) in [7, 11) is 3.47. The van der Waals surface area contributed by atoms with Crippen LogP contribution < -0.4 is 10.6 Å². The number of aliphatic imine (C=N–C) groups is 1. The number of rotatable bonds is 12. The normalized spacial score (nSPS) is 11.3.